The third-order valence-electron chi connectivity index (χ3n) is 2.17. The van der Waals surface area contributed by atoms with Crippen LogP contribution in [0.1, 0.15) is 24.4 Å². The second kappa shape index (κ2) is 5.83. The summed E-state index contributed by atoms with van der Waals surface area (Å²) in [5, 5.41) is 8.64. The standard InChI is InChI=1S/C11H19NO2/c1-10-5-6-11(14-10)9-12(2)7-3-4-8-13/h5-6,13H,3-4,7-9H2,1-2H3. The zero-order valence-corrected chi connectivity index (χ0v) is 8.99. The summed E-state index contributed by atoms with van der Waals surface area (Å²) in [6.45, 7) is 4.09. The predicted octanol–water partition coefficient (Wildman–Crippen LogP) is 1.79. The van der Waals surface area contributed by atoms with E-state index in [9.17, 15) is 0 Å². The van der Waals surface area contributed by atoms with Crippen molar-refractivity contribution in [2.75, 3.05) is 20.2 Å². The Hall–Kier alpha value is -0.800. The van der Waals surface area contributed by atoms with Crippen LogP contribution < -0.4 is 0 Å². The van der Waals surface area contributed by atoms with Gasteiger partial charge >= 0.3 is 0 Å². The van der Waals surface area contributed by atoms with Crippen LogP contribution in [0.3, 0.4) is 0 Å². The molecule has 0 aliphatic heterocycles. The molecule has 0 fully saturated rings. The fourth-order valence-electron chi connectivity index (χ4n) is 1.41. The molecule has 0 saturated carbocycles. The summed E-state index contributed by atoms with van der Waals surface area (Å²) >= 11 is 0. The maximum Gasteiger partial charge on any atom is 0.118 e. The summed E-state index contributed by atoms with van der Waals surface area (Å²) in [5.74, 6) is 1.97. The number of rotatable bonds is 6. The van der Waals surface area contributed by atoms with Gasteiger partial charge in [0.25, 0.3) is 0 Å². The number of furan rings is 1. The van der Waals surface area contributed by atoms with Crippen LogP contribution in [0.2, 0.25) is 0 Å². The van der Waals surface area contributed by atoms with E-state index >= 15 is 0 Å². The highest BCUT2D eigenvalue weighted by atomic mass is 16.3. The molecule has 0 aromatic carbocycles. The molecule has 0 spiro atoms. The minimum atomic E-state index is 0.285. The maximum absolute atomic E-state index is 8.64. The largest absolute Gasteiger partial charge is 0.465 e. The van der Waals surface area contributed by atoms with Gasteiger partial charge in [0, 0.05) is 6.61 Å². The first-order valence-electron chi connectivity index (χ1n) is 5.07. The SMILES string of the molecule is Cc1ccc(CN(C)CCCCO)o1. The molecule has 14 heavy (non-hydrogen) atoms. The molecule has 3 heteroatoms. The first kappa shape index (κ1) is 11.3. The third kappa shape index (κ3) is 3.94. The molecule has 0 bridgehead atoms. The Morgan fingerprint density at radius 1 is 1.36 bits per heavy atom. The van der Waals surface area contributed by atoms with Crippen molar-refractivity contribution in [3.05, 3.63) is 23.7 Å². The average molecular weight is 197 g/mol. The summed E-state index contributed by atoms with van der Waals surface area (Å²) in [6.07, 6.45) is 1.91. The molecule has 0 aliphatic carbocycles. The van der Waals surface area contributed by atoms with Crippen molar-refractivity contribution >= 4 is 0 Å². The van der Waals surface area contributed by atoms with E-state index in [-0.39, 0.29) is 6.61 Å². The number of unbranched alkanes of at least 4 members (excludes halogenated alkanes) is 1. The van der Waals surface area contributed by atoms with Crippen molar-refractivity contribution in [3.63, 3.8) is 0 Å². The highest BCUT2D eigenvalue weighted by Gasteiger charge is 2.02. The van der Waals surface area contributed by atoms with Gasteiger partial charge in [-0.05, 0) is 45.5 Å². The molecule has 1 rings (SSSR count). The van der Waals surface area contributed by atoms with E-state index in [1.54, 1.807) is 0 Å². The summed E-state index contributed by atoms with van der Waals surface area (Å²) in [6, 6.07) is 3.99. The molecule has 80 valence electrons. The van der Waals surface area contributed by atoms with Crippen LogP contribution in [0.4, 0.5) is 0 Å². The van der Waals surface area contributed by atoms with Gasteiger partial charge in [-0.25, -0.2) is 0 Å². The number of aliphatic hydroxyl groups is 1. The lowest BCUT2D eigenvalue weighted by atomic mass is 10.3. The van der Waals surface area contributed by atoms with Crippen molar-refractivity contribution in [1.29, 1.82) is 0 Å². The minimum absolute atomic E-state index is 0.285. The molecular formula is C11H19NO2. The molecule has 0 radical (unpaired) electrons. The lowest BCUT2D eigenvalue weighted by Gasteiger charge is -2.14. The molecule has 0 amide bonds. The lowest BCUT2D eigenvalue weighted by Crippen LogP contribution is -2.18. The van der Waals surface area contributed by atoms with Crippen molar-refractivity contribution in [2.24, 2.45) is 0 Å². The summed E-state index contributed by atoms with van der Waals surface area (Å²) in [7, 11) is 2.06. The number of aryl methyl sites for hydroxylation is 1. The number of nitrogens with zero attached hydrogens (tertiary/aromatic N) is 1. The third-order valence-corrected chi connectivity index (χ3v) is 2.17. The normalized spacial score (nSPS) is 11.1. The van der Waals surface area contributed by atoms with Gasteiger partial charge in [0.15, 0.2) is 0 Å². The van der Waals surface area contributed by atoms with Crippen LogP contribution in [0, 0.1) is 6.92 Å². The summed E-state index contributed by atoms with van der Waals surface area (Å²) < 4.78 is 5.47. The monoisotopic (exact) mass is 197 g/mol. The van der Waals surface area contributed by atoms with Crippen molar-refractivity contribution in [1.82, 2.24) is 4.90 Å². The van der Waals surface area contributed by atoms with Gasteiger partial charge in [-0.15, -0.1) is 0 Å². The molecule has 0 atom stereocenters. The van der Waals surface area contributed by atoms with Gasteiger partial charge < -0.3 is 9.52 Å². The molecule has 1 aromatic rings. The highest BCUT2D eigenvalue weighted by Crippen LogP contribution is 2.08. The Morgan fingerprint density at radius 2 is 2.14 bits per heavy atom. The fourth-order valence-corrected chi connectivity index (χ4v) is 1.41. The Bertz CT molecular complexity index is 258. The second-order valence-electron chi connectivity index (χ2n) is 3.68. The quantitative estimate of drug-likeness (QED) is 0.706. The molecule has 3 nitrogen and oxygen atoms in total. The summed E-state index contributed by atoms with van der Waals surface area (Å²) in [4.78, 5) is 2.20. The highest BCUT2D eigenvalue weighted by molar-refractivity contribution is 5.05. The molecular weight excluding hydrogens is 178 g/mol. The molecule has 0 aliphatic rings. The van der Waals surface area contributed by atoms with Crippen LogP contribution in [-0.4, -0.2) is 30.2 Å². The molecule has 0 saturated heterocycles. The smallest absolute Gasteiger partial charge is 0.118 e. The minimum Gasteiger partial charge on any atom is -0.465 e. The van der Waals surface area contributed by atoms with E-state index < -0.39 is 0 Å². The Morgan fingerprint density at radius 3 is 2.71 bits per heavy atom. The Balaban J connectivity index is 2.23. The summed E-state index contributed by atoms with van der Waals surface area (Å²) in [5.41, 5.74) is 0. The first-order chi connectivity index (χ1) is 6.72. The zero-order valence-electron chi connectivity index (χ0n) is 8.99. The predicted molar refractivity (Wildman–Crippen MR) is 56.1 cm³/mol. The van der Waals surface area contributed by atoms with Crippen LogP contribution in [0.5, 0.6) is 0 Å². The molecule has 0 unspecified atom stereocenters. The van der Waals surface area contributed by atoms with Crippen molar-refractivity contribution in [3.8, 4) is 0 Å². The number of hydrogen-bond donors (Lipinski definition) is 1. The Labute approximate surface area is 85.3 Å². The second-order valence-corrected chi connectivity index (χ2v) is 3.68. The van der Waals surface area contributed by atoms with Gasteiger partial charge in [0.1, 0.15) is 11.5 Å². The van der Waals surface area contributed by atoms with Gasteiger partial charge in [0.05, 0.1) is 6.54 Å². The van der Waals surface area contributed by atoms with Gasteiger partial charge in [-0.3, -0.25) is 4.90 Å². The van der Waals surface area contributed by atoms with Crippen molar-refractivity contribution in [2.45, 2.75) is 26.3 Å². The first-order valence-corrected chi connectivity index (χ1v) is 5.07. The van der Waals surface area contributed by atoms with E-state index in [1.165, 1.54) is 0 Å². The van der Waals surface area contributed by atoms with Gasteiger partial charge in [-0.1, -0.05) is 0 Å². The maximum atomic E-state index is 8.64. The van der Waals surface area contributed by atoms with Gasteiger partial charge in [-0.2, -0.15) is 0 Å². The Kier molecular flexibility index (Phi) is 4.70. The lowest BCUT2D eigenvalue weighted by molar-refractivity contribution is 0.252. The zero-order chi connectivity index (χ0) is 10.4. The van der Waals surface area contributed by atoms with Gasteiger partial charge in [0.2, 0.25) is 0 Å². The van der Waals surface area contributed by atoms with Crippen LogP contribution in [0.25, 0.3) is 0 Å². The number of aliphatic hydroxyl groups excluding tert-OH is 1. The number of hydrogen-bond acceptors (Lipinski definition) is 3. The van der Waals surface area contributed by atoms with E-state index in [4.69, 9.17) is 9.52 Å². The van der Waals surface area contributed by atoms with Crippen LogP contribution >= 0.6 is 0 Å². The molecule has 1 N–H and O–H groups in total. The molecule has 1 heterocycles. The van der Waals surface area contributed by atoms with Crippen LogP contribution in [-0.2, 0) is 6.54 Å². The van der Waals surface area contributed by atoms with Crippen LogP contribution in [0.15, 0.2) is 16.5 Å². The average Bonchev–Trinajstić information content (AvgIpc) is 2.52. The molecule has 1 aromatic heterocycles. The van der Waals surface area contributed by atoms with E-state index in [1.807, 2.05) is 19.1 Å². The van der Waals surface area contributed by atoms with E-state index in [0.29, 0.717) is 0 Å². The topological polar surface area (TPSA) is 36.6 Å². The fraction of sp³-hybridized carbons (Fsp3) is 0.636. The van der Waals surface area contributed by atoms with Crippen molar-refractivity contribution < 1.29 is 9.52 Å². The van der Waals surface area contributed by atoms with E-state index in [2.05, 4.69) is 11.9 Å². The van der Waals surface area contributed by atoms with E-state index in [0.717, 1.165) is 37.5 Å².